The molecule has 0 aromatic heterocycles. The number of methoxy groups -OCH3 is 1. The maximum atomic E-state index is 12.4. The lowest BCUT2D eigenvalue weighted by molar-refractivity contribution is -0.147. The third kappa shape index (κ3) is 3.82. The van der Waals surface area contributed by atoms with Crippen LogP contribution in [0.25, 0.3) is 0 Å². The fourth-order valence-corrected chi connectivity index (χ4v) is 2.50. The summed E-state index contributed by atoms with van der Waals surface area (Å²) in [7, 11) is 1.32. The van der Waals surface area contributed by atoms with Gasteiger partial charge in [0.05, 0.1) is 12.7 Å². The Bertz CT molecular complexity index is 516. The quantitative estimate of drug-likeness (QED) is 0.836. The molecule has 0 aliphatic rings. The first-order valence-corrected chi connectivity index (χ1v) is 7.30. The minimum Gasteiger partial charge on any atom is -0.467 e. The Balaban J connectivity index is 3.02. The molecule has 0 saturated heterocycles. The van der Waals surface area contributed by atoms with Crippen LogP contribution in [-0.2, 0) is 9.53 Å². The Kier molecular flexibility index (Phi) is 5.74. The number of ether oxygens (including phenoxy) is 1. The molecule has 0 radical (unpaired) electrons. The molecule has 1 aromatic rings. The lowest BCUT2D eigenvalue weighted by Gasteiger charge is -2.27. The Hall–Kier alpha value is -1.36. The van der Waals surface area contributed by atoms with Crippen molar-refractivity contribution >= 4 is 27.8 Å². The number of hydrogen-bond donors (Lipinski definition) is 1. The van der Waals surface area contributed by atoms with Crippen molar-refractivity contribution in [2.24, 2.45) is 0 Å². The molecule has 1 N–H and O–H groups in total. The van der Waals surface area contributed by atoms with Gasteiger partial charge in [0.25, 0.3) is 5.91 Å². The van der Waals surface area contributed by atoms with Gasteiger partial charge in [-0.25, -0.2) is 4.79 Å². The van der Waals surface area contributed by atoms with Gasteiger partial charge in [-0.15, -0.1) is 0 Å². The molecule has 20 heavy (non-hydrogen) atoms. The molecular formula is C15H20BrNO3. The average molecular weight is 342 g/mol. The second-order valence-corrected chi connectivity index (χ2v) is 5.87. The van der Waals surface area contributed by atoms with E-state index in [1.165, 1.54) is 7.11 Å². The molecular weight excluding hydrogens is 322 g/mol. The molecule has 0 saturated carbocycles. The smallest absolute Gasteiger partial charge is 0.331 e. The summed E-state index contributed by atoms with van der Waals surface area (Å²) in [5.41, 5.74) is 0.480. The van der Waals surface area contributed by atoms with Gasteiger partial charge in [0.2, 0.25) is 0 Å². The Labute approximate surface area is 128 Å². The average Bonchev–Trinajstić information content (AvgIpc) is 2.40. The van der Waals surface area contributed by atoms with Gasteiger partial charge in [-0.05, 0) is 48.3 Å². The maximum absolute atomic E-state index is 12.4. The van der Waals surface area contributed by atoms with E-state index in [0.717, 1.165) is 12.0 Å². The minimum absolute atomic E-state index is 0.290. The third-order valence-electron chi connectivity index (χ3n) is 3.14. The summed E-state index contributed by atoms with van der Waals surface area (Å²) < 4.78 is 5.49. The molecule has 0 heterocycles. The zero-order chi connectivity index (χ0) is 15.3. The SMILES string of the molecule is CCCC(C)(NC(=O)c1cc(C)ccc1Br)C(=O)OC. The predicted molar refractivity (Wildman–Crippen MR) is 81.7 cm³/mol. The van der Waals surface area contributed by atoms with Gasteiger partial charge in [0.1, 0.15) is 5.54 Å². The largest absolute Gasteiger partial charge is 0.467 e. The number of benzene rings is 1. The summed E-state index contributed by atoms with van der Waals surface area (Å²) in [6.45, 7) is 5.55. The van der Waals surface area contributed by atoms with E-state index in [1.807, 2.05) is 26.0 Å². The second kappa shape index (κ2) is 6.88. The van der Waals surface area contributed by atoms with Crippen LogP contribution in [0.2, 0.25) is 0 Å². The fourth-order valence-electron chi connectivity index (χ4n) is 2.07. The van der Waals surface area contributed by atoms with Crippen LogP contribution in [0.15, 0.2) is 22.7 Å². The van der Waals surface area contributed by atoms with Gasteiger partial charge < -0.3 is 10.1 Å². The molecule has 1 atom stereocenters. The minimum atomic E-state index is -1.01. The molecule has 0 bridgehead atoms. The van der Waals surface area contributed by atoms with E-state index in [4.69, 9.17) is 4.74 Å². The van der Waals surface area contributed by atoms with Crippen molar-refractivity contribution < 1.29 is 14.3 Å². The summed E-state index contributed by atoms with van der Waals surface area (Å²) in [4.78, 5) is 24.3. The summed E-state index contributed by atoms with van der Waals surface area (Å²) in [5.74, 6) is -0.724. The van der Waals surface area contributed by atoms with E-state index < -0.39 is 11.5 Å². The summed E-state index contributed by atoms with van der Waals surface area (Å²) in [5, 5.41) is 2.79. The molecule has 1 unspecified atom stereocenters. The first-order valence-electron chi connectivity index (χ1n) is 6.51. The van der Waals surface area contributed by atoms with Crippen molar-refractivity contribution in [3.8, 4) is 0 Å². The zero-order valence-corrected chi connectivity index (χ0v) is 13.8. The Morgan fingerprint density at radius 3 is 2.60 bits per heavy atom. The van der Waals surface area contributed by atoms with E-state index in [0.29, 0.717) is 16.5 Å². The second-order valence-electron chi connectivity index (χ2n) is 5.01. The van der Waals surface area contributed by atoms with Crippen molar-refractivity contribution in [2.45, 2.75) is 39.2 Å². The normalized spacial score (nSPS) is 13.4. The lowest BCUT2D eigenvalue weighted by Crippen LogP contribution is -2.52. The van der Waals surface area contributed by atoms with Crippen LogP contribution < -0.4 is 5.32 Å². The standard InChI is InChI=1S/C15H20BrNO3/c1-5-8-15(3,14(19)20-4)17-13(18)11-9-10(2)6-7-12(11)16/h6-7,9H,5,8H2,1-4H3,(H,17,18). The van der Waals surface area contributed by atoms with Crippen molar-refractivity contribution in [2.75, 3.05) is 7.11 Å². The molecule has 0 spiro atoms. The molecule has 0 aliphatic carbocycles. The van der Waals surface area contributed by atoms with Crippen LogP contribution in [-0.4, -0.2) is 24.5 Å². The van der Waals surface area contributed by atoms with Gasteiger partial charge in [-0.1, -0.05) is 25.0 Å². The molecule has 1 amide bonds. The molecule has 1 aromatic carbocycles. The van der Waals surface area contributed by atoms with Crippen LogP contribution in [0.4, 0.5) is 0 Å². The molecule has 1 rings (SSSR count). The number of nitrogens with one attached hydrogen (secondary N) is 1. The number of halogens is 1. The summed E-state index contributed by atoms with van der Waals surface area (Å²) in [6, 6.07) is 5.51. The number of hydrogen-bond acceptors (Lipinski definition) is 3. The third-order valence-corrected chi connectivity index (χ3v) is 3.83. The topological polar surface area (TPSA) is 55.4 Å². The molecule has 0 fully saturated rings. The predicted octanol–water partition coefficient (Wildman–Crippen LogP) is 3.22. The monoisotopic (exact) mass is 341 g/mol. The van der Waals surface area contributed by atoms with E-state index in [-0.39, 0.29) is 5.91 Å². The first-order chi connectivity index (χ1) is 9.34. The number of aryl methyl sites for hydroxylation is 1. The first kappa shape index (κ1) is 16.7. The Morgan fingerprint density at radius 2 is 2.05 bits per heavy atom. The molecule has 0 aliphatic heterocycles. The number of amides is 1. The highest BCUT2D eigenvalue weighted by Crippen LogP contribution is 2.21. The van der Waals surface area contributed by atoms with Crippen LogP contribution in [0.5, 0.6) is 0 Å². The number of esters is 1. The summed E-state index contributed by atoms with van der Waals surface area (Å²) >= 11 is 3.35. The summed E-state index contributed by atoms with van der Waals surface area (Å²) in [6.07, 6.45) is 1.29. The highest BCUT2D eigenvalue weighted by Gasteiger charge is 2.35. The van der Waals surface area contributed by atoms with Crippen molar-refractivity contribution in [3.63, 3.8) is 0 Å². The Morgan fingerprint density at radius 1 is 1.40 bits per heavy atom. The fraction of sp³-hybridized carbons (Fsp3) is 0.467. The van der Waals surface area contributed by atoms with Gasteiger partial charge in [-0.2, -0.15) is 0 Å². The number of carbonyl (C=O) groups excluding carboxylic acids is 2. The highest BCUT2D eigenvalue weighted by atomic mass is 79.9. The van der Waals surface area contributed by atoms with E-state index in [9.17, 15) is 9.59 Å². The van der Waals surface area contributed by atoms with Crippen molar-refractivity contribution in [1.29, 1.82) is 0 Å². The van der Waals surface area contributed by atoms with Crippen LogP contribution in [0, 0.1) is 6.92 Å². The van der Waals surface area contributed by atoms with E-state index in [1.54, 1.807) is 13.0 Å². The zero-order valence-electron chi connectivity index (χ0n) is 12.2. The highest BCUT2D eigenvalue weighted by molar-refractivity contribution is 9.10. The number of carbonyl (C=O) groups is 2. The van der Waals surface area contributed by atoms with Gasteiger partial charge in [-0.3, -0.25) is 4.79 Å². The molecule has 110 valence electrons. The van der Waals surface area contributed by atoms with Gasteiger partial charge in [0.15, 0.2) is 0 Å². The van der Waals surface area contributed by atoms with Crippen LogP contribution in [0.3, 0.4) is 0 Å². The van der Waals surface area contributed by atoms with Gasteiger partial charge >= 0.3 is 5.97 Å². The molecule has 5 heteroatoms. The van der Waals surface area contributed by atoms with Gasteiger partial charge in [0, 0.05) is 4.47 Å². The lowest BCUT2D eigenvalue weighted by atomic mass is 9.95. The van der Waals surface area contributed by atoms with Crippen LogP contribution >= 0.6 is 15.9 Å². The van der Waals surface area contributed by atoms with E-state index in [2.05, 4.69) is 21.2 Å². The van der Waals surface area contributed by atoms with E-state index >= 15 is 0 Å². The van der Waals surface area contributed by atoms with Crippen molar-refractivity contribution in [1.82, 2.24) is 5.32 Å². The number of rotatable bonds is 5. The van der Waals surface area contributed by atoms with Crippen LogP contribution in [0.1, 0.15) is 42.6 Å². The molecule has 4 nitrogen and oxygen atoms in total. The maximum Gasteiger partial charge on any atom is 0.331 e. The van der Waals surface area contributed by atoms with Crippen molar-refractivity contribution in [3.05, 3.63) is 33.8 Å².